The first kappa shape index (κ1) is 23.4. The maximum atomic E-state index is 12.9. The molecule has 1 N–H and O–H groups in total. The molecule has 2 aromatic carbocycles. The Labute approximate surface area is 202 Å². The van der Waals surface area contributed by atoms with Gasteiger partial charge in [-0.2, -0.15) is 13.2 Å². The van der Waals surface area contributed by atoms with Gasteiger partial charge in [0.2, 0.25) is 5.91 Å². The molecule has 35 heavy (non-hydrogen) atoms. The number of nitrogens with one attached hydrogen (secondary N) is 1. The van der Waals surface area contributed by atoms with Crippen molar-refractivity contribution in [2.24, 2.45) is 0 Å². The Hall–Kier alpha value is -3.39. The van der Waals surface area contributed by atoms with Gasteiger partial charge in [0, 0.05) is 48.8 Å². The van der Waals surface area contributed by atoms with Crippen LogP contribution in [0.2, 0.25) is 0 Å². The van der Waals surface area contributed by atoms with Gasteiger partial charge in [0.25, 0.3) is 0 Å². The third-order valence-corrected chi connectivity index (χ3v) is 6.94. The van der Waals surface area contributed by atoms with Crippen LogP contribution in [-0.2, 0) is 17.5 Å². The maximum absolute atomic E-state index is 12.9. The van der Waals surface area contributed by atoms with E-state index in [2.05, 4.69) is 32.2 Å². The number of piperidine rings is 1. The fourth-order valence-corrected chi connectivity index (χ4v) is 5.01. The number of nitrogens with zero attached hydrogens (tertiary/aromatic N) is 3. The average molecular weight is 481 g/mol. The lowest BCUT2D eigenvalue weighted by atomic mass is 9.98. The van der Waals surface area contributed by atoms with Crippen LogP contribution >= 0.6 is 0 Å². The molecule has 2 aliphatic heterocycles. The summed E-state index contributed by atoms with van der Waals surface area (Å²) in [4.78, 5) is 20.6. The second kappa shape index (κ2) is 9.34. The lowest BCUT2D eigenvalue weighted by Crippen LogP contribution is -2.46. The van der Waals surface area contributed by atoms with E-state index >= 15 is 0 Å². The van der Waals surface area contributed by atoms with E-state index in [9.17, 15) is 18.0 Å². The predicted octanol–water partition coefficient (Wildman–Crippen LogP) is 5.50. The molecular formula is C27H27F3N4O. The minimum atomic E-state index is -4.45. The first-order valence-electron chi connectivity index (χ1n) is 11.8. The molecular weight excluding hydrogens is 453 g/mol. The van der Waals surface area contributed by atoms with Gasteiger partial charge in [-0.3, -0.25) is 14.7 Å². The van der Waals surface area contributed by atoms with Gasteiger partial charge in [-0.05, 0) is 60.7 Å². The number of carbonyl (C=O) groups is 1. The molecule has 0 unspecified atom stereocenters. The molecule has 0 bridgehead atoms. The van der Waals surface area contributed by atoms with Crippen molar-refractivity contribution in [3.05, 3.63) is 77.6 Å². The van der Waals surface area contributed by atoms with Gasteiger partial charge < -0.3 is 10.2 Å². The fraction of sp³-hybridized carbons (Fsp3) is 0.333. The highest BCUT2D eigenvalue weighted by atomic mass is 19.4. The van der Waals surface area contributed by atoms with E-state index in [0.29, 0.717) is 18.2 Å². The predicted molar refractivity (Wildman–Crippen MR) is 130 cm³/mol. The Kier molecular flexibility index (Phi) is 6.23. The number of hydrogen-bond donors (Lipinski definition) is 1. The summed E-state index contributed by atoms with van der Waals surface area (Å²) in [5.74, 6) is 0.0192. The lowest BCUT2D eigenvalue weighted by Gasteiger charge is -2.39. The van der Waals surface area contributed by atoms with E-state index < -0.39 is 11.9 Å². The lowest BCUT2D eigenvalue weighted by molar-refractivity contribution is -0.141. The van der Waals surface area contributed by atoms with E-state index in [1.807, 2.05) is 37.3 Å². The molecule has 0 radical (unpaired) electrons. The van der Waals surface area contributed by atoms with Crippen molar-refractivity contribution < 1.29 is 18.0 Å². The summed E-state index contributed by atoms with van der Waals surface area (Å²) < 4.78 is 38.7. The molecule has 182 valence electrons. The van der Waals surface area contributed by atoms with Crippen LogP contribution in [0.25, 0.3) is 11.1 Å². The standard InChI is InChI=1S/C27H27F3N4O/c1-18-6-8-22(14-23(18)19-7-9-25(31-15-19)27(28,29)30)33-12-10-21(11-13-33)34-16-20-4-2-3-5-24(20)32-26(35)17-34/h2-9,14-15,21H,10-13,16-17H2,1H3,(H,32,35). The van der Waals surface area contributed by atoms with Gasteiger partial charge in [-0.1, -0.05) is 30.3 Å². The SMILES string of the molecule is Cc1ccc(N2CCC(N3CC(=O)Nc4ccccc4C3)CC2)cc1-c1ccc(C(F)(F)F)nc1. The first-order valence-corrected chi connectivity index (χ1v) is 11.8. The van der Waals surface area contributed by atoms with E-state index in [0.717, 1.165) is 66.6 Å². The second-order valence-electron chi connectivity index (χ2n) is 9.26. The first-order chi connectivity index (χ1) is 16.8. The minimum absolute atomic E-state index is 0.0192. The molecule has 1 fully saturated rings. The van der Waals surface area contributed by atoms with Crippen molar-refractivity contribution in [1.82, 2.24) is 9.88 Å². The van der Waals surface area contributed by atoms with Gasteiger partial charge >= 0.3 is 6.18 Å². The second-order valence-corrected chi connectivity index (χ2v) is 9.26. The minimum Gasteiger partial charge on any atom is -0.371 e. The summed E-state index contributed by atoms with van der Waals surface area (Å²) in [5.41, 5.74) is 4.72. The van der Waals surface area contributed by atoms with Crippen LogP contribution in [0.15, 0.2) is 60.8 Å². The molecule has 8 heteroatoms. The number of aryl methyl sites for hydroxylation is 1. The molecule has 1 aromatic heterocycles. The van der Waals surface area contributed by atoms with Crippen LogP contribution in [-0.4, -0.2) is 41.5 Å². The number of anilines is 2. The average Bonchev–Trinajstić information content (AvgIpc) is 3.02. The molecule has 0 aliphatic carbocycles. The number of halogens is 3. The van der Waals surface area contributed by atoms with Crippen LogP contribution in [0.4, 0.5) is 24.5 Å². The van der Waals surface area contributed by atoms with Gasteiger partial charge in [-0.15, -0.1) is 0 Å². The molecule has 1 amide bonds. The molecule has 1 saturated heterocycles. The van der Waals surface area contributed by atoms with Crippen LogP contribution in [0.1, 0.15) is 29.7 Å². The quantitative estimate of drug-likeness (QED) is 0.538. The Bertz CT molecular complexity index is 1220. The van der Waals surface area contributed by atoms with E-state index in [1.54, 1.807) is 0 Å². The highest BCUT2D eigenvalue weighted by Crippen LogP contribution is 2.33. The Morgan fingerprint density at radius 1 is 1.00 bits per heavy atom. The summed E-state index contributed by atoms with van der Waals surface area (Å²) in [6.07, 6.45) is -1.29. The van der Waals surface area contributed by atoms with Crippen LogP contribution in [0.3, 0.4) is 0 Å². The summed E-state index contributed by atoms with van der Waals surface area (Å²) in [6.45, 7) is 4.77. The molecule has 5 rings (SSSR count). The fourth-order valence-electron chi connectivity index (χ4n) is 5.01. The zero-order chi connectivity index (χ0) is 24.6. The number of pyridine rings is 1. The van der Waals surface area contributed by atoms with Crippen molar-refractivity contribution >= 4 is 17.3 Å². The van der Waals surface area contributed by atoms with Crippen molar-refractivity contribution in [1.29, 1.82) is 0 Å². The molecule has 0 saturated carbocycles. The molecule has 0 spiro atoms. The monoisotopic (exact) mass is 480 g/mol. The van der Waals surface area contributed by atoms with Crippen molar-refractivity contribution in [2.45, 2.75) is 38.5 Å². The number of rotatable bonds is 3. The molecule has 3 aromatic rings. The highest BCUT2D eigenvalue weighted by Gasteiger charge is 2.32. The number of para-hydroxylation sites is 1. The zero-order valence-corrected chi connectivity index (χ0v) is 19.5. The number of alkyl halides is 3. The molecule has 0 atom stereocenters. The van der Waals surface area contributed by atoms with Gasteiger partial charge in [0.15, 0.2) is 0 Å². The maximum Gasteiger partial charge on any atom is 0.433 e. The Morgan fingerprint density at radius 3 is 2.49 bits per heavy atom. The van der Waals surface area contributed by atoms with E-state index in [4.69, 9.17) is 0 Å². The normalized spacial score (nSPS) is 17.6. The van der Waals surface area contributed by atoms with Gasteiger partial charge in [0.1, 0.15) is 5.69 Å². The molecule has 3 heterocycles. The highest BCUT2D eigenvalue weighted by molar-refractivity contribution is 5.93. The number of aromatic nitrogens is 1. The van der Waals surface area contributed by atoms with E-state index in [1.165, 1.54) is 12.3 Å². The number of amides is 1. The molecule has 5 nitrogen and oxygen atoms in total. The third-order valence-electron chi connectivity index (χ3n) is 6.94. The number of carbonyl (C=O) groups excluding carboxylic acids is 1. The number of benzene rings is 2. The smallest absolute Gasteiger partial charge is 0.371 e. The van der Waals surface area contributed by atoms with Crippen LogP contribution in [0, 0.1) is 6.92 Å². The van der Waals surface area contributed by atoms with Crippen molar-refractivity contribution in [3.8, 4) is 11.1 Å². The number of fused-ring (bicyclic) bond motifs is 1. The van der Waals surface area contributed by atoms with Crippen molar-refractivity contribution in [2.75, 3.05) is 29.9 Å². The van der Waals surface area contributed by atoms with Crippen LogP contribution in [0.5, 0.6) is 0 Å². The third kappa shape index (κ3) is 5.03. The van der Waals surface area contributed by atoms with Crippen molar-refractivity contribution in [3.63, 3.8) is 0 Å². The van der Waals surface area contributed by atoms with E-state index in [-0.39, 0.29) is 5.91 Å². The summed E-state index contributed by atoms with van der Waals surface area (Å²) in [6, 6.07) is 16.9. The van der Waals surface area contributed by atoms with Crippen LogP contribution < -0.4 is 10.2 Å². The number of hydrogen-bond acceptors (Lipinski definition) is 4. The Balaban J connectivity index is 1.29. The topological polar surface area (TPSA) is 48.5 Å². The zero-order valence-electron chi connectivity index (χ0n) is 19.5. The largest absolute Gasteiger partial charge is 0.433 e. The Morgan fingerprint density at radius 2 is 1.77 bits per heavy atom. The van der Waals surface area contributed by atoms with Gasteiger partial charge in [0.05, 0.1) is 6.54 Å². The summed E-state index contributed by atoms with van der Waals surface area (Å²) >= 11 is 0. The summed E-state index contributed by atoms with van der Waals surface area (Å²) in [5, 5.41) is 3.01. The summed E-state index contributed by atoms with van der Waals surface area (Å²) in [7, 11) is 0. The molecule has 2 aliphatic rings. The van der Waals surface area contributed by atoms with Gasteiger partial charge in [-0.25, -0.2) is 0 Å².